The zero-order valence-electron chi connectivity index (χ0n) is 20.3. The van der Waals surface area contributed by atoms with E-state index in [9.17, 15) is 4.79 Å². The van der Waals surface area contributed by atoms with E-state index in [2.05, 4.69) is 36.2 Å². The molecule has 0 bridgehead atoms. The fourth-order valence-corrected chi connectivity index (χ4v) is 4.93. The van der Waals surface area contributed by atoms with Gasteiger partial charge in [0.25, 0.3) is 5.91 Å². The maximum absolute atomic E-state index is 13.5. The first kappa shape index (κ1) is 22.6. The van der Waals surface area contributed by atoms with E-state index in [4.69, 9.17) is 14.2 Å². The van der Waals surface area contributed by atoms with Gasteiger partial charge in [-0.1, -0.05) is 48.5 Å². The fraction of sp³-hybridized carbons (Fsp3) is 0.267. The van der Waals surface area contributed by atoms with E-state index in [1.54, 1.807) is 6.07 Å². The van der Waals surface area contributed by atoms with Crippen molar-refractivity contribution in [2.45, 2.75) is 26.0 Å². The lowest BCUT2D eigenvalue weighted by Crippen LogP contribution is -2.33. The average molecular weight is 481 g/mol. The van der Waals surface area contributed by atoms with Crippen LogP contribution in [0.1, 0.15) is 28.0 Å². The molecular weight excluding hydrogens is 452 g/mol. The molecule has 1 aromatic heterocycles. The number of nitrogens with zero attached hydrogens (tertiary/aromatic N) is 2. The molecule has 0 saturated carbocycles. The Bertz CT molecular complexity index is 1430. The summed E-state index contributed by atoms with van der Waals surface area (Å²) in [6.07, 6.45) is 0.842. The standard InChI is InChI=1S/C30H28N2O4/c1-20-6-2-4-8-25(20)22-16-23-18-32(30(33)27-11-10-21-7-3-5-9-26(21)31-27)13-15-35-29(23)28(17-22)36-24-12-14-34-19-24/h2-11,16-17,24H,12-15,18-19H2,1H3/t24-/m0/s1. The van der Waals surface area contributed by atoms with Gasteiger partial charge in [0.05, 0.1) is 25.3 Å². The van der Waals surface area contributed by atoms with E-state index in [0.717, 1.165) is 34.0 Å². The van der Waals surface area contributed by atoms with Crippen molar-refractivity contribution < 1.29 is 19.0 Å². The topological polar surface area (TPSA) is 60.9 Å². The van der Waals surface area contributed by atoms with Crippen molar-refractivity contribution in [2.24, 2.45) is 0 Å². The maximum Gasteiger partial charge on any atom is 0.272 e. The summed E-state index contributed by atoms with van der Waals surface area (Å²) in [4.78, 5) is 20.0. The summed E-state index contributed by atoms with van der Waals surface area (Å²) in [6, 6.07) is 24.0. The summed E-state index contributed by atoms with van der Waals surface area (Å²) >= 11 is 0. The number of ether oxygens (including phenoxy) is 3. The third-order valence-corrected chi connectivity index (χ3v) is 6.84. The smallest absolute Gasteiger partial charge is 0.272 e. The second-order valence-corrected chi connectivity index (χ2v) is 9.35. The Hall–Kier alpha value is -3.90. The summed E-state index contributed by atoms with van der Waals surface area (Å²) in [5.74, 6) is 1.31. The maximum atomic E-state index is 13.5. The monoisotopic (exact) mass is 480 g/mol. The van der Waals surface area contributed by atoms with Gasteiger partial charge in [-0.3, -0.25) is 4.79 Å². The van der Waals surface area contributed by atoms with Crippen molar-refractivity contribution in [3.8, 4) is 22.6 Å². The van der Waals surface area contributed by atoms with Crippen LogP contribution in [-0.2, 0) is 11.3 Å². The van der Waals surface area contributed by atoms with Crippen molar-refractivity contribution in [3.63, 3.8) is 0 Å². The highest BCUT2D eigenvalue weighted by Gasteiger charge is 2.27. The molecule has 2 aliphatic rings. The number of para-hydroxylation sites is 1. The fourth-order valence-electron chi connectivity index (χ4n) is 4.93. The van der Waals surface area contributed by atoms with Gasteiger partial charge >= 0.3 is 0 Å². The van der Waals surface area contributed by atoms with Crippen molar-refractivity contribution in [1.82, 2.24) is 9.88 Å². The van der Waals surface area contributed by atoms with Crippen LogP contribution in [0.2, 0.25) is 0 Å². The largest absolute Gasteiger partial charge is 0.487 e. The number of carbonyl (C=O) groups is 1. The van der Waals surface area contributed by atoms with Crippen LogP contribution in [-0.4, -0.2) is 48.3 Å². The average Bonchev–Trinajstić information content (AvgIpc) is 3.32. The van der Waals surface area contributed by atoms with E-state index < -0.39 is 0 Å². The predicted molar refractivity (Wildman–Crippen MR) is 138 cm³/mol. The van der Waals surface area contributed by atoms with Crippen LogP contribution in [0.4, 0.5) is 0 Å². The van der Waals surface area contributed by atoms with Crippen LogP contribution < -0.4 is 9.47 Å². The molecule has 1 fully saturated rings. The molecular formula is C30H28N2O4. The second kappa shape index (κ2) is 9.63. The summed E-state index contributed by atoms with van der Waals surface area (Å²) < 4.78 is 18.1. The van der Waals surface area contributed by atoms with Crippen LogP contribution >= 0.6 is 0 Å². The molecule has 1 atom stereocenters. The van der Waals surface area contributed by atoms with Crippen LogP contribution in [0.5, 0.6) is 11.5 Å². The summed E-state index contributed by atoms with van der Waals surface area (Å²) in [6.45, 7) is 4.64. The van der Waals surface area contributed by atoms with Gasteiger partial charge in [-0.15, -0.1) is 0 Å². The molecule has 6 nitrogen and oxygen atoms in total. The molecule has 3 heterocycles. The van der Waals surface area contributed by atoms with Gasteiger partial charge in [-0.05, 0) is 47.9 Å². The number of hydrogen-bond donors (Lipinski definition) is 0. The molecule has 3 aromatic carbocycles. The molecule has 1 saturated heterocycles. The molecule has 0 aliphatic carbocycles. The number of benzene rings is 3. The van der Waals surface area contributed by atoms with Crippen molar-refractivity contribution in [2.75, 3.05) is 26.4 Å². The Morgan fingerprint density at radius 1 is 1.03 bits per heavy atom. The summed E-state index contributed by atoms with van der Waals surface area (Å²) in [5.41, 5.74) is 5.53. The molecule has 0 N–H and O–H groups in total. The van der Waals surface area contributed by atoms with Crippen molar-refractivity contribution in [1.29, 1.82) is 0 Å². The third kappa shape index (κ3) is 4.40. The number of fused-ring (bicyclic) bond motifs is 2. The Morgan fingerprint density at radius 3 is 2.75 bits per heavy atom. The second-order valence-electron chi connectivity index (χ2n) is 9.35. The minimum atomic E-state index is -0.106. The minimum absolute atomic E-state index is 0.00684. The molecule has 6 heteroatoms. The summed E-state index contributed by atoms with van der Waals surface area (Å²) in [5, 5.41) is 1.01. The van der Waals surface area contributed by atoms with E-state index in [1.807, 2.05) is 47.4 Å². The van der Waals surface area contributed by atoms with Crippen molar-refractivity contribution in [3.05, 3.63) is 89.6 Å². The predicted octanol–water partition coefficient (Wildman–Crippen LogP) is 5.41. The SMILES string of the molecule is Cc1ccccc1-c1cc2c(c(O[C@H]3CCOC3)c1)OCCN(C(=O)c1ccc3ccccc3n1)C2. The molecule has 6 rings (SSSR count). The first-order valence-electron chi connectivity index (χ1n) is 12.4. The molecule has 4 aromatic rings. The minimum Gasteiger partial charge on any atom is -0.487 e. The third-order valence-electron chi connectivity index (χ3n) is 6.84. The number of pyridine rings is 1. The van der Waals surface area contributed by atoms with Crippen molar-refractivity contribution >= 4 is 16.8 Å². The first-order valence-corrected chi connectivity index (χ1v) is 12.4. The lowest BCUT2D eigenvalue weighted by molar-refractivity contribution is 0.0727. The quantitative estimate of drug-likeness (QED) is 0.391. The van der Waals surface area contributed by atoms with Gasteiger partial charge in [0.1, 0.15) is 18.4 Å². The van der Waals surface area contributed by atoms with E-state index in [-0.39, 0.29) is 12.0 Å². The number of carbonyl (C=O) groups excluding carboxylic acids is 1. The van der Waals surface area contributed by atoms with Gasteiger partial charge in [-0.25, -0.2) is 4.98 Å². The van der Waals surface area contributed by atoms with Gasteiger partial charge in [-0.2, -0.15) is 0 Å². The molecule has 0 radical (unpaired) electrons. The number of aryl methyl sites for hydroxylation is 1. The highest BCUT2D eigenvalue weighted by atomic mass is 16.6. The molecule has 36 heavy (non-hydrogen) atoms. The number of rotatable bonds is 4. The van der Waals surface area contributed by atoms with Gasteiger partial charge in [0, 0.05) is 23.9 Å². The Kier molecular flexibility index (Phi) is 6.03. The Balaban J connectivity index is 1.37. The molecule has 182 valence electrons. The summed E-state index contributed by atoms with van der Waals surface area (Å²) in [7, 11) is 0. The van der Waals surface area contributed by atoms with Crippen LogP contribution in [0.15, 0.2) is 72.8 Å². The first-order chi connectivity index (χ1) is 17.7. The van der Waals surface area contributed by atoms with E-state index in [0.29, 0.717) is 50.1 Å². The lowest BCUT2D eigenvalue weighted by atomic mass is 9.97. The highest BCUT2D eigenvalue weighted by molar-refractivity contribution is 5.95. The van der Waals surface area contributed by atoms with Crippen LogP contribution in [0.25, 0.3) is 22.0 Å². The number of amides is 1. The molecule has 0 spiro atoms. The van der Waals surface area contributed by atoms with E-state index in [1.165, 1.54) is 5.56 Å². The van der Waals surface area contributed by atoms with Gasteiger partial charge < -0.3 is 19.1 Å². The number of hydrogen-bond acceptors (Lipinski definition) is 5. The number of aromatic nitrogens is 1. The molecule has 1 amide bonds. The highest BCUT2D eigenvalue weighted by Crippen LogP contribution is 2.40. The molecule has 0 unspecified atom stereocenters. The lowest BCUT2D eigenvalue weighted by Gasteiger charge is -2.21. The van der Waals surface area contributed by atoms with E-state index >= 15 is 0 Å². The normalized spacial score (nSPS) is 17.4. The van der Waals surface area contributed by atoms with Crippen LogP contribution in [0, 0.1) is 6.92 Å². The Morgan fingerprint density at radius 2 is 1.89 bits per heavy atom. The van der Waals surface area contributed by atoms with Gasteiger partial charge in [0.15, 0.2) is 11.5 Å². The van der Waals surface area contributed by atoms with Crippen LogP contribution in [0.3, 0.4) is 0 Å². The van der Waals surface area contributed by atoms with Gasteiger partial charge in [0.2, 0.25) is 0 Å². The zero-order chi connectivity index (χ0) is 24.5. The zero-order valence-corrected chi connectivity index (χ0v) is 20.3. The molecule has 2 aliphatic heterocycles. The Labute approximate surface area is 210 Å².